The second kappa shape index (κ2) is 10.6. The zero-order chi connectivity index (χ0) is 25.3. The topological polar surface area (TPSA) is 52.9 Å². The third-order valence-electron chi connectivity index (χ3n) is 8.95. The van der Waals surface area contributed by atoms with Crippen LogP contribution in [-0.2, 0) is 13.0 Å². The van der Waals surface area contributed by atoms with E-state index in [1.165, 1.54) is 17.5 Å². The van der Waals surface area contributed by atoms with E-state index in [2.05, 4.69) is 71.7 Å². The van der Waals surface area contributed by atoms with Crippen LogP contribution < -0.4 is 4.43 Å². The van der Waals surface area contributed by atoms with Crippen LogP contribution in [0.2, 0.25) is 18.1 Å². The van der Waals surface area contributed by atoms with Gasteiger partial charge in [0.1, 0.15) is 5.75 Å². The number of nitrogens with zero attached hydrogens (tertiary/aromatic N) is 1. The molecule has 0 radical (unpaired) electrons. The molecule has 2 aliphatic rings. The lowest BCUT2D eigenvalue weighted by atomic mass is 9.69. The number of benzene rings is 1. The summed E-state index contributed by atoms with van der Waals surface area (Å²) in [5.41, 5.74) is 2.95. The Balaban J connectivity index is 1.96. The molecule has 0 aliphatic carbocycles. The molecule has 0 spiro atoms. The second-order valence-corrected chi connectivity index (χ2v) is 17.7. The molecular weight excluding hydrogens is 438 g/mol. The van der Waals surface area contributed by atoms with Gasteiger partial charge in [0.25, 0.3) is 0 Å². The van der Waals surface area contributed by atoms with Crippen LogP contribution in [0.25, 0.3) is 0 Å². The van der Waals surface area contributed by atoms with Crippen molar-refractivity contribution in [1.29, 1.82) is 0 Å². The predicted octanol–water partition coefficient (Wildman–Crippen LogP) is 6.84. The first kappa shape index (κ1) is 27.7. The quantitative estimate of drug-likeness (QED) is 0.373. The molecule has 5 heteroatoms. The highest BCUT2D eigenvalue weighted by Crippen LogP contribution is 2.48. The van der Waals surface area contributed by atoms with Crippen molar-refractivity contribution in [2.24, 2.45) is 11.8 Å². The van der Waals surface area contributed by atoms with Gasteiger partial charge in [0.2, 0.25) is 8.32 Å². The van der Waals surface area contributed by atoms with Crippen LogP contribution in [-0.4, -0.2) is 42.1 Å². The first-order chi connectivity index (χ1) is 15.8. The minimum Gasteiger partial charge on any atom is -0.543 e. The molecule has 0 amide bonds. The average Bonchev–Trinajstić information content (AvgIpc) is 2.75. The van der Waals surface area contributed by atoms with Gasteiger partial charge in [0, 0.05) is 30.6 Å². The van der Waals surface area contributed by atoms with Crippen molar-refractivity contribution in [3.8, 4) is 5.75 Å². The van der Waals surface area contributed by atoms with E-state index in [1.54, 1.807) is 0 Å². The fourth-order valence-electron chi connectivity index (χ4n) is 5.58. The molecule has 2 N–H and O–H groups in total. The number of aliphatic hydroxyl groups is 2. The molecule has 1 aromatic rings. The van der Waals surface area contributed by atoms with Gasteiger partial charge in [-0.05, 0) is 73.0 Å². The monoisotopic (exact) mass is 489 g/mol. The molecule has 3 rings (SSSR count). The lowest BCUT2D eigenvalue weighted by Crippen LogP contribution is -2.55. The Hall–Kier alpha value is -0.883. The fraction of sp³-hybridized carbons (Fsp3) is 0.793. The number of aliphatic hydroxyl groups excluding tert-OH is 1. The molecule has 3 atom stereocenters. The normalized spacial score (nSPS) is 25.9. The summed E-state index contributed by atoms with van der Waals surface area (Å²) in [5, 5.41) is 22.3. The Bertz CT molecular complexity index is 831. The molecule has 2 aliphatic heterocycles. The molecule has 1 saturated heterocycles. The van der Waals surface area contributed by atoms with Crippen molar-refractivity contribution in [2.45, 2.75) is 123 Å². The third-order valence-corrected chi connectivity index (χ3v) is 13.3. The van der Waals surface area contributed by atoms with E-state index >= 15 is 0 Å². The van der Waals surface area contributed by atoms with Crippen LogP contribution in [0, 0.1) is 11.8 Å². The van der Waals surface area contributed by atoms with Crippen LogP contribution in [0.1, 0.15) is 103 Å². The van der Waals surface area contributed by atoms with Crippen LogP contribution in [0.4, 0.5) is 0 Å². The number of rotatable bonds is 9. The molecule has 0 unspecified atom stereocenters. The first-order valence-corrected chi connectivity index (χ1v) is 16.6. The molecule has 0 aromatic heterocycles. The van der Waals surface area contributed by atoms with Gasteiger partial charge in [0.05, 0.1) is 12.2 Å². The summed E-state index contributed by atoms with van der Waals surface area (Å²) in [5.74, 6) is 1.87. The lowest BCUT2D eigenvalue weighted by molar-refractivity contribution is -0.107. The number of unbranched alkanes of at least 4 members (excludes halogenated alkanes) is 1. The summed E-state index contributed by atoms with van der Waals surface area (Å²) in [6.45, 7) is 20.1. The van der Waals surface area contributed by atoms with Crippen molar-refractivity contribution in [1.82, 2.24) is 4.90 Å². The summed E-state index contributed by atoms with van der Waals surface area (Å²) >= 11 is 0. The number of hydrogen-bond donors (Lipinski definition) is 2. The maximum Gasteiger partial charge on any atom is 0.250 e. The molecule has 1 aromatic carbocycles. The van der Waals surface area contributed by atoms with E-state index < -0.39 is 13.9 Å². The zero-order valence-corrected chi connectivity index (χ0v) is 24.2. The maximum absolute atomic E-state index is 12.0. The average molecular weight is 490 g/mol. The number of fused-ring (bicyclic) bond motifs is 3. The SMILES string of the molecule is CCCC[C@]1(O)C[C@H]2c3cc(O[Si](C)(C)C(C)(C)C)c(CO)cc3CCN2C[C@@H]1CCC(C)C. The Labute approximate surface area is 210 Å². The van der Waals surface area contributed by atoms with Gasteiger partial charge < -0.3 is 14.6 Å². The van der Waals surface area contributed by atoms with Crippen LogP contribution in [0.3, 0.4) is 0 Å². The predicted molar refractivity (Wildman–Crippen MR) is 145 cm³/mol. The van der Waals surface area contributed by atoms with E-state index in [9.17, 15) is 10.2 Å². The molecule has 1 fully saturated rings. The summed E-state index contributed by atoms with van der Waals surface area (Å²) in [7, 11) is -2.03. The minimum absolute atomic E-state index is 0.00330. The summed E-state index contributed by atoms with van der Waals surface area (Å²) in [6.07, 6.45) is 7.19. The molecule has 0 bridgehead atoms. The van der Waals surface area contributed by atoms with E-state index in [0.29, 0.717) is 11.8 Å². The van der Waals surface area contributed by atoms with Crippen LogP contribution in [0.5, 0.6) is 5.75 Å². The van der Waals surface area contributed by atoms with Crippen molar-refractivity contribution >= 4 is 8.32 Å². The summed E-state index contributed by atoms with van der Waals surface area (Å²) < 4.78 is 6.73. The highest BCUT2D eigenvalue weighted by molar-refractivity contribution is 6.74. The van der Waals surface area contributed by atoms with E-state index in [1.807, 2.05) is 0 Å². The highest BCUT2D eigenvalue weighted by Gasteiger charge is 2.47. The fourth-order valence-corrected chi connectivity index (χ4v) is 6.62. The number of piperidine rings is 1. The van der Waals surface area contributed by atoms with Gasteiger partial charge in [-0.3, -0.25) is 4.90 Å². The van der Waals surface area contributed by atoms with Crippen LogP contribution in [0.15, 0.2) is 12.1 Å². The molecule has 0 saturated carbocycles. The van der Waals surface area contributed by atoms with E-state index in [4.69, 9.17) is 4.43 Å². The van der Waals surface area contributed by atoms with Crippen molar-refractivity contribution in [3.05, 3.63) is 28.8 Å². The number of hydrogen-bond acceptors (Lipinski definition) is 4. The standard InChI is InChI=1S/C29H51NO3Si/c1-9-10-14-29(32)18-26-25-17-27(33-34(7,8)28(4,5)6)23(20-31)16-22(25)13-15-30(26)19-24(29)12-11-21(2)3/h16-17,21,24,26,31-32H,9-15,18-20H2,1-8H3/t24-,26-,29-/m0/s1. The minimum atomic E-state index is -2.03. The largest absolute Gasteiger partial charge is 0.543 e. The molecule has 2 heterocycles. The Morgan fingerprint density at radius 1 is 1.24 bits per heavy atom. The highest BCUT2D eigenvalue weighted by atomic mass is 28.4. The first-order valence-electron chi connectivity index (χ1n) is 13.7. The summed E-state index contributed by atoms with van der Waals surface area (Å²) in [4.78, 5) is 2.63. The van der Waals surface area contributed by atoms with E-state index in [0.717, 1.165) is 62.9 Å². The smallest absolute Gasteiger partial charge is 0.250 e. The van der Waals surface area contributed by atoms with E-state index in [-0.39, 0.29) is 17.7 Å². The lowest BCUT2D eigenvalue weighted by Gasteiger charge is -2.52. The Morgan fingerprint density at radius 2 is 1.94 bits per heavy atom. The zero-order valence-electron chi connectivity index (χ0n) is 23.2. The van der Waals surface area contributed by atoms with Gasteiger partial charge in [-0.15, -0.1) is 0 Å². The second-order valence-electron chi connectivity index (χ2n) is 13.0. The summed E-state index contributed by atoms with van der Waals surface area (Å²) in [6, 6.07) is 4.65. The molecule has 4 nitrogen and oxygen atoms in total. The van der Waals surface area contributed by atoms with Gasteiger partial charge >= 0.3 is 0 Å². The molecular formula is C29H51NO3Si. The van der Waals surface area contributed by atoms with Crippen molar-refractivity contribution in [2.75, 3.05) is 13.1 Å². The maximum atomic E-state index is 12.0. The van der Waals surface area contributed by atoms with Crippen molar-refractivity contribution in [3.63, 3.8) is 0 Å². The third kappa shape index (κ3) is 5.91. The Kier molecular flexibility index (Phi) is 8.65. The van der Waals surface area contributed by atoms with Gasteiger partial charge in [-0.2, -0.15) is 0 Å². The van der Waals surface area contributed by atoms with Crippen LogP contribution >= 0.6 is 0 Å². The Morgan fingerprint density at radius 3 is 2.53 bits per heavy atom. The van der Waals surface area contributed by atoms with Gasteiger partial charge in [-0.1, -0.05) is 60.8 Å². The molecule has 34 heavy (non-hydrogen) atoms. The molecule has 194 valence electrons. The van der Waals surface area contributed by atoms with Gasteiger partial charge in [-0.25, -0.2) is 0 Å². The van der Waals surface area contributed by atoms with Crippen molar-refractivity contribution < 1.29 is 14.6 Å². The van der Waals surface area contributed by atoms with Gasteiger partial charge in [0.15, 0.2) is 0 Å².